The zero-order chi connectivity index (χ0) is 24.5. The lowest BCUT2D eigenvalue weighted by molar-refractivity contribution is -0.138. The molecule has 2 aliphatic rings. The summed E-state index contributed by atoms with van der Waals surface area (Å²) in [7, 11) is 0. The van der Waals surface area contributed by atoms with E-state index in [1.54, 1.807) is 13.0 Å². The number of alkyl halides is 3. The molecule has 12 heteroatoms. The standard InChI is InChI=1S/C22H27F3N4O5/c1-15-13-26(6-7-28(15)21(32)34-29-19(30)4-5-20(29)31)14-16-2-3-17(12-18(16)22(23,24)25)27-8-10-33-11-9-27/h2-5,12,15,30-31H,6-11,13-14H2,1H3/t15-/m1/s1. The number of aromatic nitrogens is 1. The maximum atomic E-state index is 13.9. The number of anilines is 1. The number of hydrogen-bond acceptors (Lipinski definition) is 7. The number of halogens is 3. The summed E-state index contributed by atoms with van der Waals surface area (Å²) in [5.74, 6) is -0.866. The highest BCUT2D eigenvalue weighted by Crippen LogP contribution is 2.35. The molecule has 2 N–H and O–H groups in total. The van der Waals surface area contributed by atoms with Gasteiger partial charge in [-0.2, -0.15) is 13.2 Å². The first-order valence-electron chi connectivity index (χ1n) is 11.0. The summed E-state index contributed by atoms with van der Waals surface area (Å²) in [5.41, 5.74) is 0.0382. The average Bonchev–Trinajstić information content (AvgIpc) is 3.11. The van der Waals surface area contributed by atoms with Gasteiger partial charge in [-0.05, 0) is 24.6 Å². The molecule has 0 spiro atoms. The molecular weight excluding hydrogens is 457 g/mol. The van der Waals surface area contributed by atoms with E-state index in [1.165, 1.54) is 29.2 Å². The molecule has 4 rings (SSSR count). The van der Waals surface area contributed by atoms with Gasteiger partial charge in [-0.15, -0.1) is 4.73 Å². The van der Waals surface area contributed by atoms with Gasteiger partial charge in [0.15, 0.2) is 0 Å². The van der Waals surface area contributed by atoms with Crippen LogP contribution in [0.25, 0.3) is 0 Å². The Balaban J connectivity index is 1.43. The lowest BCUT2D eigenvalue weighted by atomic mass is 10.0. The molecule has 2 aliphatic heterocycles. The predicted molar refractivity (Wildman–Crippen MR) is 116 cm³/mol. The number of piperazine rings is 1. The van der Waals surface area contributed by atoms with Crippen molar-refractivity contribution >= 4 is 11.8 Å². The minimum atomic E-state index is -4.49. The van der Waals surface area contributed by atoms with Crippen molar-refractivity contribution in [3.05, 3.63) is 41.5 Å². The van der Waals surface area contributed by atoms with E-state index >= 15 is 0 Å². The monoisotopic (exact) mass is 484 g/mol. The summed E-state index contributed by atoms with van der Waals surface area (Å²) in [6.45, 7) is 4.80. The molecule has 2 fully saturated rings. The zero-order valence-electron chi connectivity index (χ0n) is 18.7. The van der Waals surface area contributed by atoms with Crippen LogP contribution < -0.4 is 9.74 Å². The van der Waals surface area contributed by atoms with Gasteiger partial charge in [-0.25, -0.2) is 4.79 Å². The van der Waals surface area contributed by atoms with Crippen LogP contribution in [-0.2, 0) is 17.5 Å². The van der Waals surface area contributed by atoms with Crippen LogP contribution in [0, 0.1) is 0 Å². The van der Waals surface area contributed by atoms with Gasteiger partial charge in [-0.1, -0.05) is 6.07 Å². The van der Waals surface area contributed by atoms with Crippen LogP contribution in [0.5, 0.6) is 11.8 Å². The van der Waals surface area contributed by atoms with Gasteiger partial charge in [0.1, 0.15) is 0 Å². The van der Waals surface area contributed by atoms with E-state index in [0.29, 0.717) is 49.8 Å². The van der Waals surface area contributed by atoms with Crippen LogP contribution in [0.1, 0.15) is 18.1 Å². The van der Waals surface area contributed by atoms with Gasteiger partial charge in [0.25, 0.3) is 0 Å². The topological polar surface area (TPSA) is 90.6 Å². The zero-order valence-corrected chi connectivity index (χ0v) is 18.7. The summed E-state index contributed by atoms with van der Waals surface area (Å²) in [6, 6.07) is 6.43. The first-order chi connectivity index (χ1) is 16.1. The number of hydrogen-bond donors (Lipinski definition) is 2. The molecule has 1 atom stereocenters. The summed E-state index contributed by atoms with van der Waals surface area (Å²) in [6.07, 6.45) is -5.27. The van der Waals surface area contributed by atoms with E-state index in [2.05, 4.69) is 0 Å². The highest BCUT2D eigenvalue weighted by atomic mass is 19.4. The first kappa shape index (κ1) is 24.0. The molecule has 2 saturated heterocycles. The quantitative estimate of drug-likeness (QED) is 0.689. The van der Waals surface area contributed by atoms with Crippen LogP contribution >= 0.6 is 0 Å². The summed E-state index contributed by atoms with van der Waals surface area (Å²) >= 11 is 0. The Morgan fingerprint density at radius 2 is 1.76 bits per heavy atom. The fourth-order valence-electron chi connectivity index (χ4n) is 4.30. The number of carbonyl (C=O) groups excluding carboxylic acids is 1. The Bertz CT molecular complexity index is 1000. The molecule has 0 unspecified atom stereocenters. The molecule has 2 aromatic rings. The van der Waals surface area contributed by atoms with Crippen LogP contribution in [0.4, 0.5) is 23.7 Å². The number of amides is 1. The van der Waals surface area contributed by atoms with Crippen LogP contribution in [0.3, 0.4) is 0 Å². The number of benzene rings is 1. The lowest BCUT2D eigenvalue weighted by Gasteiger charge is -2.39. The highest BCUT2D eigenvalue weighted by Gasteiger charge is 2.36. The van der Waals surface area contributed by atoms with E-state index in [9.17, 15) is 28.2 Å². The molecule has 1 aromatic heterocycles. The molecule has 3 heterocycles. The molecule has 1 aromatic carbocycles. The van der Waals surface area contributed by atoms with Gasteiger partial charge in [-0.3, -0.25) is 4.90 Å². The molecule has 9 nitrogen and oxygen atoms in total. The maximum Gasteiger partial charge on any atom is 0.435 e. The van der Waals surface area contributed by atoms with Gasteiger partial charge < -0.3 is 29.6 Å². The second-order valence-electron chi connectivity index (χ2n) is 8.42. The fraction of sp³-hybridized carbons (Fsp3) is 0.500. The van der Waals surface area contributed by atoms with E-state index in [0.717, 1.165) is 0 Å². The van der Waals surface area contributed by atoms with Crippen molar-refractivity contribution in [2.45, 2.75) is 25.7 Å². The molecular formula is C22H27F3N4O5. The summed E-state index contributed by atoms with van der Waals surface area (Å²) in [4.78, 5) is 22.7. The summed E-state index contributed by atoms with van der Waals surface area (Å²) < 4.78 is 47.5. The lowest BCUT2D eigenvalue weighted by Crippen LogP contribution is -2.55. The Kier molecular flexibility index (Phi) is 6.80. The molecule has 0 aliphatic carbocycles. The van der Waals surface area contributed by atoms with E-state index in [1.807, 2.05) is 9.80 Å². The molecule has 0 saturated carbocycles. The van der Waals surface area contributed by atoms with Gasteiger partial charge >= 0.3 is 12.3 Å². The number of nitrogens with zero attached hydrogens (tertiary/aromatic N) is 4. The third-order valence-corrected chi connectivity index (χ3v) is 6.08. The number of rotatable bonds is 4. The normalized spacial score (nSPS) is 19.9. The molecule has 0 bridgehead atoms. The van der Waals surface area contributed by atoms with Crippen molar-refractivity contribution in [2.75, 3.05) is 50.8 Å². The van der Waals surface area contributed by atoms with Gasteiger partial charge in [0, 0.05) is 63.1 Å². The number of aromatic hydroxyl groups is 2. The third-order valence-electron chi connectivity index (χ3n) is 6.08. The molecule has 1 amide bonds. The smallest absolute Gasteiger partial charge is 0.435 e. The number of carbonyl (C=O) groups is 1. The number of ether oxygens (including phenoxy) is 1. The average molecular weight is 484 g/mol. The minimum absolute atomic E-state index is 0.0879. The van der Waals surface area contributed by atoms with Crippen molar-refractivity contribution in [3.8, 4) is 11.8 Å². The van der Waals surface area contributed by atoms with Gasteiger partial charge in [0.05, 0.1) is 18.8 Å². The van der Waals surface area contributed by atoms with Crippen molar-refractivity contribution in [1.82, 2.24) is 14.5 Å². The van der Waals surface area contributed by atoms with E-state index < -0.39 is 29.6 Å². The largest absolute Gasteiger partial charge is 0.492 e. The SMILES string of the molecule is C[C@@H]1CN(Cc2ccc(N3CCOCC3)cc2C(F)(F)F)CCN1C(=O)On1c(O)ccc1O. The van der Waals surface area contributed by atoms with E-state index in [-0.39, 0.29) is 24.7 Å². The maximum absolute atomic E-state index is 13.9. The molecule has 34 heavy (non-hydrogen) atoms. The van der Waals surface area contributed by atoms with Crippen molar-refractivity contribution in [1.29, 1.82) is 0 Å². The van der Waals surface area contributed by atoms with E-state index in [4.69, 9.17) is 9.57 Å². The van der Waals surface area contributed by atoms with Crippen LogP contribution in [0.15, 0.2) is 30.3 Å². The van der Waals surface area contributed by atoms with Crippen molar-refractivity contribution < 1.29 is 37.8 Å². The summed E-state index contributed by atoms with van der Waals surface area (Å²) in [5, 5.41) is 19.3. The number of morpholine rings is 1. The highest BCUT2D eigenvalue weighted by molar-refractivity contribution is 5.68. The minimum Gasteiger partial charge on any atom is -0.492 e. The third kappa shape index (κ3) is 5.17. The first-order valence-corrected chi connectivity index (χ1v) is 11.0. The van der Waals surface area contributed by atoms with Crippen LogP contribution in [-0.4, -0.2) is 82.8 Å². The van der Waals surface area contributed by atoms with Gasteiger partial charge in [0.2, 0.25) is 11.8 Å². The molecule has 186 valence electrons. The molecule has 0 radical (unpaired) electrons. The predicted octanol–water partition coefficient (Wildman–Crippen LogP) is 2.51. The van der Waals surface area contributed by atoms with Crippen molar-refractivity contribution in [2.24, 2.45) is 0 Å². The second kappa shape index (κ2) is 9.63. The van der Waals surface area contributed by atoms with Crippen LogP contribution in [0.2, 0.25) is 0 Å². The Morgan fingerprint density at radius 1 is 1.09 bits per heavy atom. The Morgan fingerprint density at radius 3 is 2.38 bits per heavy atom. The second-order valence-corrected chi connectivity index (χ2v) is 8.42. The Hall–Kier alpha value is -3.12. The van der Waals surface area contributed by atoms with Crippen molar-refractivity contribution in [3.63, 3.8) is 0 Å². The Labute approximate surface area is 194 Å². The fourth-order valence-corrected chi connectivity index (χ4v) is 4.30.